The van der Waals surface area contributed by atoms with E-state index in [0.29, 0.717) is 0 Å². The van der Waals surface area contributed by atoms with Crippen molar-refractivity contribution in [1.82, 2.24) is 4.90 Å². The van der Waals surface area contributed by atoms with Gasteiger partial charge in [0, 0.05) is 23.5 Å². The van der Waals surface area contributed by atoms with Crippen LogP contribution >= 0.6 is 11.3 Å². The largest absolute Gasteiger partial charge is 0.329 e. The molecule has 2 nitrogen and oxygen atoms in total. The van der Waals surface area contributed by atoms with E-state index in [0.717, 1.165) is 19.0 Å². The SMILES string of the molecule is CCCC1CCCC(CN)(N(C)Cc2cccs2)CC1. The van der Waals surface area contributed by atoms with Crippen molar-refractivity contribution in [3.05, 3.63) is 22.4 Å². The lowest BCUT2D eigenvalue weighted by molar-refractivity contribution is 0.0993. The van der Waals surface area contributed by atoms with E-state index in [2.05, 4.69) is 36.4 Å². The first-order valence-corrected chi connectivity index (χ1v) is 9.02. The summed E-state index contributed by atoms with van der Waals surface area (Å²) < 4.78 is 0. The van der Waals surface area contributed by atoms with Gasteiger partial charge in [-0.05, 0) is 43.7 Å². The fourth-order valence-corrected chi connectivity index (χ4v) is 4.46. The second kappa shape index (κ2) is 7.58. The highest BCUT2D eigenvalue weighted by Gasteiger charge is 2.35. The Balaban J connectivity index is 2.00. The molecule has 1 aliphatic rings. The van der Waals surface area contributed by atoms with Gasteiger partial charge in [-0.2, -0.15) is 0 Å². The zero-order valence-electron chi connectivity index (χ0n) is 13.1. The van der Waals surface area contributed by atoms with Gasteiger partial charge < -0.3 is 5.73 Å². The van der Waals surface area contributed by atoms with Gasteiger partial charge in [0.25, 0.3) is 0 Å². The number of thiophene rings is 1. The van der Waals surface area contributed by atoms with E-state index in [9.17, 15) is 0 Å². The Hall–Kier alpha value is -0.380. The zero-order valence-corrected chi connectivity index (χ0v) is 13.9. The van der Waals surface area contributed by atoms with Gasteiger partial charge in [-0.3, -0.25) is 4.90 Å². The molecule has 1 aromatic heterocycles. The fourth-order valence-electron chi connectivity index (χ4n) is 3.70. The summed E-state index contributed by atoms with van der Waals surface area (Å²) in [5.41, 5.74) is 6.45. The van der Waals surface area contributed by atoms with Gasteiger partial charge in [0.1, 0.15) is 0 Å². The first-order chi connectivity index (χ1) is 9.70. The Labute approximate surface area is 128 Å². The number of hydrogen-bond donors (Lipinski definition) is 1. The summed E-state index contributed by atoms with van der Waals surface area (Å²) in [4.78, 5) is 3.99. The molecule has 20 heavy (non-hydrogen) atoms. The number of likely N-dealkylation sites (N-methyl/N-ethyl adjacent to an activating group) is 1. The van der Waals surface area contributed by atoms with Crippen molar-refractivity contribution >= 4 is 11.3 Å². The molecule has 1 heterocycles. The summed E-state index contributed by atoms with van der Waals surface area (Å²) in [6, 6.07) is 4.38. The van der Waals surface area contributed by atoms with Crippen LogP contribution in [-0.4, -0.2) is 24.0 Å². The van der Waals surface area contributed by atoms with Crippen LogP contribution in [0, 0.1) is 5.92 Å². The molecule has 2 N–H and O–H groups in total. The highest BCUT2D eigenvalue weighted by molar-refractivity contribution is 7.09. The van der Waals surface area contributed by atoms with E-state index in [4.69, 9.17) is 5.73 Å². The molecule has 1 aromatic rings. The molecular weight excluding hydrogens is 264 g/mol. The zero-order chi connectivity index (χ0) is 14.4. The maximum absolute atomic E-state index is 6.22. The molecule has 0 bridgehead atoms. The molecule has 0 aliphatic heterocycles. The normalized spacial score (nSPS) is 27.7. The number of hydrogen-bond acceptors (Lipinski definition) is 3. The van der Waals surface area contributed by atoms with Crippen LogP contribution in [0.3, 0.4) is 0 Å². The molecule has 0 spiro atoms. The van der Waals surface area contributed by atoms with E-state index in [1.807, 2.05) is 11.3 Å². The van der Waals surface area contributed by atoms with Crippen LogP contribution in [0.25, 0.3) is 0 Å². The topological polar surface area (TPSA) is 29.3 Å². The number of nitrogens with zero attached hydrogens (tertiary/aromatic N) is 1. The summed E-state index contributed by atoms with van der Waals surface area (Å²) in [6.45, 7) is 4.16. The minimum atomic E-state index is 0.229. The summed E-state index contributed by atoms with van der Waals surface area (Å²) in [6.07, 6.45) is 9.38. The van der Waals surface area contributed by atoms with Crippen molar-refractivity contribution in [2.75, 3.05) is 13.6 Å². The third-order valence-electron chi connectivity index (χ3n) is 5.13. The predicted octanol–water partition coefficient (Wildman–Crippen LogP) is 4.26. The Kier molecular flexibility index (Phi) is 6.06. The van der Waals surface area contributed by atoms with Crippen LogP contribution in [-0.2, 0) is 6.54 Å². The second-order valence-corrected chi connectivity index (χ2v) is 7.48. The van der Waals surface area contributed by atoms with E-state index < -0.39 is 0 Å². The Bertz CT molecular complexity index is 376. The first-order valence-electron chi connectivity index (χ1n) is 8.14. The Morgan fingerprint density at radius 3 is 2.90 bits per heavy atom. The Morgan fingerprint density at radius 1 is 1.40 bits per heavy atom. The molecule has 0 saturated heterocycles. The first kappa shape index (κ1) is 16.0. The lowest BCUT2D eigenvalue weighted by atomic mass is 9.87. The second-order valence-electron chi connectivity index (χ2n) is 6.45. The standard InChI is InChI=1S/C17H30N2S/c1-3-6-15-7-4-10-17(14-18,11-9-15)19(2)13-16-8-5-12-20-16/h5,8,12,15H,3-4,6-7,9-11,13-14,18H2,1-2H3. The molecule has 3 heteroatoms. The monoisotopic (exact) mass is 294 g/mol. The van der Waals surface area contributed by atoms with Crippen LogP contribution in [0.15, 0.2) is 17.5 Å². The smallest absolute Gasteiger partial charge is 0.0332 e. The molecule has 2 atom stereocenters. The highest BCUT2D eigenvalue weighted by atomic mass is 32.1. The van der Waals surface area contributed by atoms with E-state index in [1.54, 1.807) is 0 Å². The minimum Gasteiger partial charge on any atom is -0.329 e. The molecule has 1 saturated carbocycles. The van der Waals surface area contributed by atoms with Crippen molar-refractivity contribution in [3.63, 3.8) is 0 Å². The molecule has 1 fully saturated rings. The van der Waals surface area contributed by atoms with Crippen molar-refractivity contribution in [2.24, 2.45) is 11.7 Å². The van der Waals surface area contributed by atoms with Gasteiger partial charge in [0.2, 0.25) is 0 Å². The van der Waals surface area contributed by atoms with Crippen molar-refractivity contribution in [1.29, 1.82) is 0 Å². The van der Waals surface area contributed by atoms with Crippen LogP contribution in [0.5, 0.6) is 0 Å². The highest BCUT2D eigenvalue weighted by Crippen LogP contribution is 2.36. The molecule has 114 valence electrons. The van der Waals surface area contributed by atoms with Gasteiger partial charge in [-0.1, -0.05) is 38.7 Å². The van der Waals surface area contributed by atoms with E-state index in [-0.39, 0.29) is 5.54 Å². The van der Waals surface area contributed by atoms with Crippen LogP contribution in [0.1, 0.15) is 56.7 Å². The third kappa shape index (κ3) is 3.84. The molecule has 0 aromatic carbocycles. The van der Waals surface area contributed by atoms with Gasteiger partial charge in [-0.25, -0.2) is 0 Å². The third-order valence-corrected chi connectivity index (χ3v) is 5.99. The molecule has 1 aliphatic carbocycles. The minimum absolute atomic E-state index is 0.229. The molecule has 0 amide bonds. The lowest BCUT2D eigenvalue weighted by Gasteiger charge is -2.41. The quantitative estimate of drug-likeness (QED) is 0.794. The maximum atomic E-state index is 6.22. The fraction of sp³-hybridized carbons (Fsp3) is 0.765. The lowest BCUT2D eigenvalue weighted by Crippen LogP contribution is -2.51. The molecular formula is C17H30N2S. The van der Waals surface area contributed by atoms with E-state index in [1.165, 1.54) is 49.8 Å². The molecule has 0 radical (unpaired) electrons. The van der Waals surface area contributed by atoms with Crippen LogP contribution < -0.4 is 5.73 Å². The van der Waals surface area contributed by atoms with Crippen molar-refractivity contribution in [2.45, 2.75) is 64.0 Å². The summed E-state index contributed by atoms with van der Waals surface area (Å²) >= 11 is 1.86. The van der Waals surface area contributed by atoms with Gasteiger partial charge in [-0.15, -0.1) is 11.3 Å². The molecule has 2 unspecified atom stereocenters. The van der Waals surface area contributed by atoms with Gasteiger partial charge in [0.15, 0.2) is 0 Å². The van der Waals surface area contributed by atoms with Crippen molar-refractivity contribution < 1.29 is 0 Å². The number of rotatable bonds is 6. The average molecular weight is 295 g/mol. The summed E-state index contributed by atoms with van der Waals surface area (Å²) in [7, 11) is 2.27. The van der Waals surface area contributed by atoms with Gasteiger partial charge >= 0.3 is 0 Å². The van der Waals surface area contributed by atoms with E-state index >= 15 is 0 Å². The summed E-state index contributed by atoms with van der Waals surface area (Å²) in [5.74, 6) is 0.934. The van der Waals surface area contributed by atoms with Gasteiger partial charge in [0.05, 0.1) is 0 Å². The predicted molar refractivity (Wildman–Crippen MR) is 89.1 cm³/mol. The maximum Gasteiger partial charge on any atom is 0.0332 e. The van der Waals surface area contributed by atoms with Crippen LogP contribution in [0.2, 0.25) is 0 Å². The summed E-state index contributed by atoms with van der Waals surface area (Å²) in [5, 5.41) is 2.17. The average Bonchev–Trinajstić information content (AvgIpc) is 2.86. The Morgan fingerprint density at radius 2 is 2.25 bits per heavy atom. The van der Waals surface area contributed by atoms with Crippen molar-refractivity contribution in [3.8, 4) is 0 Å². The number of nitrogens with two attached hydrogens (primary N) is 1. The van der Waals surface area contributed by atoms with Crippen LogP contribution in [0.4, 0.5) is 0 Å². The molecule has 2 rings (SSSR count).